The first kappa shape index (κ1) is 15.4. The van der Waals surface area contributed by atoms with Gasteiger partial charge in [0.1, 0.15) is 0 Å². The van der Waals surface area contributed by atoms with Crippen LogP contribution in [-0.4, -0.2) is 6.04 Å². The summed E-state index contributed by atoms with van der Waals surface area (Å²) < 4.78 is 0. The Labute approximate surface area is 130 Å². The van der Waals surface area contributed by atoms with Gasteiger partial charge in [-0.1, -0.05) is 29.8 Å². The van der Waals surface area contributed by atoms with Gasteiger partial charge in [0, 0.05) is 21.2 Å². The van der Waals surface area contributed by atoms with Gasteiger partial charge in [0.25, 0.3) is 0 Å². The molecule has 0 spiro atoms. The molecule has 2 aromatic rings. The minimum Gasteiger partial charge on any atom is -0.327 e. The van der Waals surface area contributed by atoms with Crippen molar-refractivity contribution in [2.75, 3.05) is 0 Å². The summed E-state index contributed by atoms with van der Waals surface area (Å²) in [6, 6.07) is 14.6. The molecule has 2 unspecified atom stereocenters. The smallest absolute Gasteiger partial charge is 0.0492 e. The zero-order valence-electron chi connectivity index (χ0n) is 12.1. The molecule has 0 aromatic heterocycles. The maximum absolute atomic E-state index is 6.17. The standard InChI is InChI=1S/C17H20ClNS/c1-11-4-9-16(10-12(11)2)20-17(13(3)19)14-5-7-15(18)8-6-14/h4-10,13,17H,19H2,1-3H3. The van der Waals surface area contributed by atoms with Crippen molar-refractivity contribution in [3.8, 4) is 0 Å². The molecule has 0 heterocycles. The van der Waals surface area contributed by atoms with Gasteiger partial charge in [-0.05, 0) is 61.7 Å². The van der Waals surface area contributed by atoms with Crippen LogP contribution in [0, 0.1) is 13.8 Å². The molecule has 0 saturated carbocycles. The van der Waals surface area contributed by atoms with Crippen LogP contribution in [-0.2, 0) is 0 Å². The van der Waals surface area contributed by atoms with Crippen molar-refractivity contribution >= 4 is 23.4 Å². The lowest BCUT2D eigenvalue weighted by molar-refractivity contribution is 0.721. The molecule has 2 atom stereocenters. The van der Waals surface area contributed by atoms with Gasteiger partial charge in [0.2, 0.25) is 0 Å². The largest absolute Gasteiger partial charge is 0.327 e. The maximum atomic E-state index is 6.17. The number of halogens is 1. The van der Waals surface area contributed by atoms with E-state index in [0.717, 1.165) is 5.02 Å². The van der Waals surface area contributed by atoms with Crippen LogP contribution < -0.4 is 5.73 Å². The van der Waals surface area contributed by atoms with E-state index >= 15 is 0 Å². The van der Waals surface area contributed by atoms with Crippen LogP contribution >= 0.6 is 23.4 Å². The predicted molar refractivity (Wildman–Crippen MR) is 89.6 cm³/mol. The normalized spacial score (nSPS) is 14.1. The molecule has 2 N–H and O–H groups in total. The van der Waals surface area contributed by atoms with E-state index in [1.54, 1.807) is 0 Å². The Kier molecular flexibility index (Phi) is 5.14. The van der Waals surface area contributed by atoms with E-state index in [9.17, 15) is 0 Å². The van der Waals surface area contributed by atoms with Crippen molar-refractivity contribution in [1.29, 1.82) is 0 Å². The highest BCUT2D eigenvalue weighted by atomic mass is 35.5. The Bertz CT molecular complexity index is 578. The fourth-order valence-electron chi connectivity index (χ4n) is 2.07. The zero-order chi connectivity index (χ0) is 14.7. The third kappa shape index (κ3) is 3.78. The second kappa shape index (κ2) is 6.66. The summed E-state index contributed by atoms with van der Waals surface area (Å²) in [5.74, 6) is 0. The lowest BCUT2D eigenvalue weighted by atomic mass is 10.1. The summed E-state index contributed by atoms with van der Waals surface area (Å²) in [6.45, 7) is 6.32. The maximum Gasteiger partial charge on any atom is 0.0492 e. The van der Waals surface area contributed by atoms with Crippen LogP contribution in [0.1, 0.15) is 28.9 Å². The topological polar surface area (TPSA) is 26.0 Å². The molecule has 0 saturated heterocycles. The van der Waals surface area contributed by atoms with Gasteiger partial charge >= 0.3 is 0 Å². The van der Waals surface area contributed by atoms with E-state index < -0.39 is 0 Å². The molecule has 2 aromatic carbocycles. The summed E-state index contributed by atoms with van der Waals surface area (Å²) in [5, 5.41) is 0.989. The number of benzene rings is 2. The molecular weight excluding hydrogens is 286 g/mol. The first-order chi connectivity index (χ1) is 9.47. The van der Waals surface area contributed by atoms with Crippen molar-refractivity contribution < 1.29 is 0 Å². The minimum absolute atomic E-state index is 0.0720. The molecule has 0 aliphatic carbocycles. The van der Waals surface area contributed by atoms with E-state index in [1.807, 2.05) is 30.8 Å². The zero-order valence-corrected chi connectivity index (χ0v) is 13.6. The summed E-state index contributed by atoms with van der Waals surface area (Å²) in [7, 11) is 0. The summed E-state index contributed by atoms with van der Waals surface area (Å²) >= 11 is 7.77. The van der Waals surface area contributed by atoms with Crippen molar-refractivity contribution in [3.05, 3.63) is 64.2 Å². The van der Waals surface area contributed by atoms with Gasteiger partial charge in [-0.15, -0.1) is 11.8 Å². The highest BCUT2D eigenvalue weighted by Crippen LogP contribution is 2.38. The molecule has 0 bridgehead atoms. The molecule has 1 nitrogen and oxygen atoms in total. The van der Waals surface area contributed by atoms with Crippen LogP contribution in [0.25, 0.3) is 0 Å². The summed E-state index contributed by atoms with van der Waals surface area (Å²) in [4.78, 5) is 1.25. The minimum atomic E-state index is 0.0720. The van der Waals surface area contributed by atoms with Gasteiger partial charge in [0.15, 0.2) is 0 Å². The second-order valence-corrected chi connectivity index (χ2v) is 6.85. The Morgan fingerprint density at radius 3 is 2.20 bits per heavy atom. The van der Waals surface area contributed by atoms with E-state index in [4.69, 9.17) is 17.3 Å². The fourth-order valence-corrected chi connectivity index (χ4v) is 3.38. The molecule has 106 valence electrons. The van der Waals surface area contributed by atoms with Crippen LogP contribution in [0.15, 0.2) is 47.4 Å². The van der Waals surface area contributed by atoms with Gasteiger partial charge in [-0.25, -0.2) is 0 Å². The van der Waals surface area contributed by atoms with E-state index in [2.05, 4.69) is 44.2 Å². The number of aryl methyl sites for hydroxylation is 2. The molecule has 0 fully saturated rings. The summed E-state index contributed by atoms with van der Waals surface area (Å²) in [6.07, 6.45) is 0. The van der Waals surface area contributed by atoms with Crippen molar-refractivity contribution in [1.82, 2.24) is 0 Å². The van der Waals surface area contributed by atoms with Crippen molar-refractivity contribution in [3.63, 3.8) is 0 Å². The first-order valence-electron chi connectivity index (χ1n) is 6.72. The average Bonchev–Trinajstić information content (AvgIpc) is 2.41. The lowest BCUT2D eigenvalue weighted by Gasteiger charge is -2.21. The quantitative estimate of drug-likeness (QED) is 0.792. The number of nitrogens with two attached hydrogens (primary N) is 1. The van der Waals surface area contributed by atoms with E-state index in [-0.39, 0.29) is 11.3 Å². The Morgan fingerprint density at radius 2 is 1.65 bits per heavy atom. The Balaban J connectivity index is 2.25. The van der Waals surface area contributed by atoms with Crippen molar-refractivity contribution in [2.24, 2.45) is 5.73 Å². The van der Waals surface area contributed by atoms with Crippen molar-refractivity contribution in [2.45, 2.75) is 37.0 Å². The fraction of sp³-hybridized carbons (Fsp3) is 0.294. The Hall–Kier alpha value is -0.960. The third-order valence-electron chi connectivity index (χ3n) is 3.42. The lowest BCUT2D eigenvalue weighted by Crippen LogP contribution is -2.22. The number of hydrogen-bond acceptors (Lipinski definition) is 2. The third-order valence-corrected chi connectivity index (χ3v) is 5.15. The number of thioether (sulfide) groups is 1. The van der Waals surface area contributed by atoms with Gasteiger partial charge in [-0.2, -0.15) is 0 Å². The number of rotatable bonds is 4. The number of hydrogen-bond donors (Lipinski definition) is 1. The molecule has 0 radical (unpaired) electrons. The Morgan fingerprint density at radius 1 is 1.00 bits per heavy atom. The van der Waals surface area contributed by atoms with E-state index in [1.165, 1.54) is 21.6 Å². The van der Waals surface area contributed by atoms with Gasteiger partial charge in [0.05, 0.1) is 0 Å². The SMILES string of the molecule is Cc1ccc(SC(c2ccc(Cl)cc2)C(C)N)cc1C. The van der Waals surface area contributed by atoms with Gasteiger partial charge in [-0.3, -0.25) is 0 Å². The van der Waals surface area contributed by atoms with Crippen LogP contribution in [0.5, 0.6) is 0 Å². The molecule has 2 rings (SSSR count). The second-order valence-electron chi connectivity index (χ2n) is 5.20. The highest BCUT2D eigenvalue weighted by molar-refractivity contribution is 7.99. The average molecular weight is 306 g/mol. The molecule has 0 aliphatic heterocycles. The molecule has 0 amide bonds. The van der Waals surface area contributed by atoms with E-state index in [0.29, 0.717) is 0 Å². The molecule has 0 aliphatic rings. The first-order valence-corrected chi connectivity index (χ1v) is 7.98. The monoisotopic (exact) mass is 305 g/mol. The van der Waals surface area contributed by atoms with Crippen LogP contribution in [0.3, 0.4) is 0 Å². The van der Waals surface area contributed by atoms with Crippen LogP contribution in [0.4, 0.5) is 0 Å². The molecular formula is C17H20ClNS. The predicted octanol–water partition coefficient (Wildman–Crippen LogP) is 5.14. The summed E-state index contributed by atoms with van der Waals surface area (Å²) in [5.41, 5.74) is 10.0. The highest BCUT2D eigenvalue weighted by Gasteiger charge is 2.18. The van der Waals surface area contributed by atoms with Crippen LogP contribution in [0.2, 0.25) is 5.02 Å². The molecule has 20 heavy (non-hydrogen) atoms. The molecule has 3 heteroatoms. The van der Waals surface area contributed by atoms with Gasteiger partial charge < -0.3 is 5.73 Å².